The van der Waals surface area contributed by atoms with Crippen LogP contribution in [0.2, 0.25) is 0 Å². The van der Waals surface area contributed by atoms with Crippen molar-refractivity contribution in [3.8, 4) is 11.5 Å². The summed E-state index contributed by atoms with van der Waals surface area (Å²) in [5.74, 6) is -7.89. The normalized spacial score (nSPS) is 16.4. The number of aliphatic carboxylic acids is 1. The molecule has 2 heterocycles. The molecule has 2 aliphatic rings. The first-order chi connectivity index (χ1) is 48.4. The van der Waals surface area contributed by atoms with E-state index in [9.17, 15) is 63.3 Å². The van der Waals surface area contributed by atoms with Crippen molar-refractivity contribution in [1.82, 2.24) is 47.0 Å². The fourth-order valence-electron chi connectivity index (χ4n) is 12.8. The lowest BCUT2D eigenvalue weighted by atomic mass is 9.85. The Bertz CT molecular complexity index is 3550. The first-order valence-corrected chi connectivity index (χ1v) is 34.9. The molecule has 3 aromatic rings. The van der Waals surface area contributed by atoms with Crippen LogP contribution in [0.15, 0.2) is 63.5 Å². The smallest absolute Gasteiger partial charge is 0.326 e. The molecule has 0 bridgehead atoms. The summed E-state index contributed by atoms with van der Waals surface area (Å²) >= 11 is 0. The maximum Gasteiger partial charge on any atom is 0.326 e. The molecule has 0 radical (unpaired) electrons. The molecule has 9 atom stereocenters. The number of nitrogens with zero attached hydrogens (tertiary/aromatic N) is 5. The minimum Gasteiger partial charge on any atom is -0.508 e. The van der Waals surface area contributed by atoms with Crippen LogP contribution in [0.3, 0.4) is 0 Å². The highest BCUT2D eigenvalue weighted by molar-refractivity contribution is 5.97. The fraction of sp³-hybridized carbons (Fsp3) is 0.563. The van der Waals surface area contributed by atoms with Crippen molar-refractivity contribution < 1.29 is 63.3 Å². The summed E-state index contributed by atoms with van der Waals surface area (Å²) < 4.78 is 0. The highest BCUT2D eigenvalue weighted by atomic mass is 16.4. The van der Waals surface area contributed by atoms with Crippen LogP contribution in [0, 0.1) is 39.0 Å². The van der Waals surface area contributed by atoms with Crippen LogP contribution in [-0.2, 0) is 73.8 Å². The SMILES string of the molecule is Cc1cc(O)cc(C)c1C[C@H](NC(=O)[C@@H]1CCCN1C(=O)[C@H](CCCN=C(N)N)NC(=O)C[C@H](CCCN=C(N)N)NC(=O)CCN1Cc2ccccc2C[C@H](NC(=O)[C@@H](CCCN=C(N)N)NC(=O)[C@@H](N)Cc2c(C)cc(O)cc2C)C1=O)C(=O)N[C@H](C(=O)N[C@@H](CC(C)C)C(=O)O)C(C)(C)C. The topological polar surface area (TPSA) is 541 Å². The molecular weight excluding hydrogens is 1330 g/mol. The van der Waals surface area contributed by atoms with Crippen molar-refractivity contribution in [1.29, 1.82) is 0 Å². The Morgan fingerprint density at radius 3 is 1.68 bits per heavy atom. The quantitative estimate of drug-likeness (QED) is 0.0197. The Kier molecular flexibility index (Phi) is 31.8. The lowest BCUT2D eigenvalue weighted by Gasteiger charge is -2.34. The van der Waals surface area contributed by atoms with Crippen LogP contribution in [-0.4, -0.2) is 189 Å². The molecule has 566 valence electrons. The molecule has 2 aliphatic heterocycles. The van der Waals surface area contributed by atoms with Crippen molar-refractivity contribution in [3.05, 3.63) is 93.0 Å². The molecular formula is C71H109N19O13. The Labute approximate surface area is 601 Å². The van der Waals surface area contributed by atoms with Crippen LogP contribution in [0.25, 0.3) is 0 Å². The number of hydrogen-bond donors (Lipinski definition) is 17. The minimum atomic E-state index is -1.39. The molecule has 24 N–H and O–H groups in total. The zero-order valence-electron chi connectivity index (χ0n) is 60.7. The van der Waals surface area contributed by atoms with Crippen molar-refractivity contribution in [2.45, 2.75) is 213 Å². The Morgan fingerprint density at radius 2 is 1.15 bits per heavy atom. The van der Waals surface area contributed by atoms with Crippen molar-refractivity contribution in [2.75, 3.05) is 32.7 Å². The first-order valence-electron chi connectivity index (χ1n) is 34.9. The van der Waals surface area contributed by atoms with Gasteiger partial charge in [0.05, 0.1) is 6.04 Å². The van der Waals surface area contributed by atoms with Gasteiger partial charge < -0.3 is 102 Å². The molecule has 32 nitrogen and oxygen atoms in total. The van der Waals surface area contributed by atoms with Gasteiger partial charge in [-0.25, -0.2) is 4.79 Å². The predicted octanol–water partition coefficient (Wildman–Crippen LogP) is -0.469. The molecule has 1 fully saturated rings. The number of nitrogens with one attached hydrogen (secondary N) is 7. The van der Waals surface area contributed by atoms with Crippen LogP contribution in [0.4, 0.5) is 0 Å². The van der Waals surface area contributed by atoms with Crippen molar-refractivity contribution in [3.63, 3.8) is 0 Å². The maximum absolute atomic E-state index is 15.0. The van der Waals surface area contributed by atoms with E-state index < -0.39 is 119 Å². The number of rotatable bonds is 37. The summed E-state index contributed by atoms with van der Waals surface area (Å²) in [6.45, 7) is 16.0. The van der Waals surface area contributed by atoms with Gasteiger partial charge in [-0.15, -0.1) is 0 Å². The molecule has 0 unspecified atom stereocenters. The second-order valence-corrected chi connectivity index (χ2v) is 28.3. The average molecular weight is 1440 g/mol. The van der Waals surface area contributed by atoms with E-state index in [1.165, 1.54) is 21.9 Å². The molecule has 1 saturated heterocycles. The number of fused-ring (bicyclic) bond motifs is 1. The number of aryl methyl sites for hydroxylation is 4. The lowest BCUT2D eigenvalue weighted by molar-refractivity contribution is -0.144. The number of carboxylic acids is 1. The third kappa shape index (κ3) is 26.6. The molecule has 0 spiro atoms. The largest absolute Gasteiger partial charge is 0.508 e. The molecule has 32 heteroatoms. The number of carbonyl (C=O) groups is 10. The Morgan fingerprint density at radius 1 is 0.621 bits per heavy atom. The van der Waals surface area contributed by atoms with E-state index in [-0.39, 0.29) is 158 Å². The summed E-state index contributed by atoms with van der Waals surface area (Å²) in [5.41, 5.74) is 44.6. The van der Waals surface area contributed by atoms with Gasteiger partial charge in [-0.05, 0) is 172 Å². The Balaban J connectivity index is 1.36. The monoisotopic (exact) mass is 1440 g/mol. The van der Waals surface area contributed by atoms with E-state index in [1.54, 1.807) is 86.6 Å². The number of phenols is 2. The number of aliphatic imine (C=N–C) groups is 3. The summed E-state index contributed by atoms with van der Waals surface area (Å²) in [4.78, 5) is 157. The second kappa shape index (κ2) is 39.2. The Hall–Kier alpha value is -10.3. The van der Waals surface area contributed by atoms with Gasteiger partial charge in [0.2, 0.25) is 53.2 Å². The van der Waals surface area contributed by atoms with Crippen molar-refractivity contribution >= 4 is 77.0 Å². The molecule has 0 saturated carbocycles. The number of guanidine groups is 3. The van der Waals surface area contributed by atoms with E-state index in [2.05, 4.69) is 52.2 Å². The number of carboxylic acid groups (broad SMARTS) is 1. The highest BCUT2D eigenvalue weighted by Gasteiger charge is 2.42. The number of likely N-dealkylation sites (tertiary alicyclic amines) is 1. The number of hydrogen-bond acceptors (Lipinski definition) is 16. The van der Waals surface area contributed by atoms with Gasteiger partial charge in [0.25, 0.3) is 0 Å². The summed E-state index contributed by atoms with van der Waals surface area (Å²) in [6.07, 6.45) is 0.875. The van der Waals surface area contributed by atoms with Crippen LogP contribution in [0.1, 0.15) is 150 Å². The van der Waals surface area contributed by atoms with Gasteiger partial charge in [-0.2, -0.15) is 0 Å². The molecule has 0 aromatic heterocycles. The predicted molar refractivity (Wildman–Crippen MR) is 390 cm³/mol. The van der Waals surface area contributed by atoms with Crippen LogP contribution in [0.5, 0.6) is 11.5 Å². The number of benzene rings is 3. The number of carbonyl (C=O) groups excluding carboxylic acids is 9. The van der Waals surface area contributed by atoms with Crippen LogP contribution >= 0.6 is 0 Å². The van der Waals surface area contributed by atoms with Gasteiger partial charge >= 0.3 is 5.97 Å². The zero-order valence-corrected chi connectivity index (χ0v) is 60.7. The fourth-order valence-corrected chi connectivity index (χ4v) is 12.8. The summed E-state index contributed by atoms with van der Waals surface area (Å²) in [7, 11) is 0. The van der Waals surface area contributed by atoms with Gasteiger partial charge in [0.1, 0.15) is 53.8 Å². The molecule has 103 heavy (non-hydrogen) atoms. The average Bonchev–Trinajstić information content (AvgIpc) is 1.05. The number of phenolic OH excluding ortho intramolecular Hbond substituents is 2. The third-order valence-corrected chi connectivity index (χ3v) is 18.1. The van der Waals surface area contributed by atoms with Gasteiger partial charge in [0.15, 0.2) is 17.9 Å². The summed E-state index contributed by atoms with van der Waals surface area (Å²) in [5, 5.41) is 50.1. The standard InChI is InChI=1S/C71H109N19O13/c1-38(2)28-55(67(102)103)87-64(99)59(71(7,8)9)88-62(97)53(36-49-41(5)31-47(92)32-42(49)6)85-63(98)56-21-15-26-90(56)66(101)52(20-14-25-81-70(77)78)83-58(94)34-45(18-12-23-79-68(73)74)82-57(93)22-27-89-37-44-17-11-10-16-43(44)33-54(65(89)100)86-61(96)51(19-13-24-80-69(75)76)84-60(95)50(72)35-48-39(3)29-46(91)30-40(48)4/h10-11,16-17,29-32,38,45,50-56,59,91-92H,12-15,18-28,33-37,72H2,1-9H3,(H,82,93)(H,83,94)(H,84,95)(H,85,98)(H,86,96)(H,87,99)(H,88,97)(H,102,103)(H4,73,74,79)(H4,75,76,80)(H4,77,78,81)/t45-,50-,51+,52-,53-,54-,55-,56-,59+/m0/s1. The lowest BCUT2D eigenvalue weighted by Crippen LogP contribution is -2.61. The molecule has 9 amide bonds. The molecule has 5 rings (SSSR count). The number of aromatic hydroxyl groups is 2. The van der Waals surface area contributed by atoms with E-state index in [0.717, 1.165) is 27.8 Å². The zero-order chi connectivity index (χ0) is 76.6. The van der Waals surface area contributed by atoms with Crippen molar-refractivity contribution in [2.24, 2.45) is 66.4 Å². The van der Waals surface area contributed by atoms with E-state index in [4.69, 9.17) is 40.1 Å². The number of amides is 9. The van der Waals surface area contributed by atoms with E-state index in [0.29, 0.717) is 23.1 Å². The van der Waals surface area contributed by atoms with E-state index in [1.807, 2.05) is 12.1 Å². The summed E-state index contributed by atoms with van der Waals surface area (Å²) in [6, 6.07) is 2.61. The van der Waals surface area contributed by atoms with Crippen LogP contribution < -0.4 is 77.4 Å². The van der Waals surface area contributed by atoms with E-state index >= 15 is 0 Å². The highest BCUT2D eigenvalue weighted by Crippen LogP contribution is 2.28. The minimum absolute atomic E-state index is 0.0206. The van der Waals surface area contributed by atoms with Gasteiger partial charge in [-0.3, -0.25) is 58.1 Å². The molecule has 0 aliphatic carbocycles. The second-order valence-electron chi connectivity index (χ2n) is 28.3. The van der Waals surface area contributed by atoms with Gasteiger partial charge in [-0.1, -0.05) is 58.9 Å². The van der Waals surface area contributed by atoms with Gasteiger partial charge in [0, 0.05) is 71.0 Å². The molecule has 3 aromatic carbocycles. The maximum atomic E-state index is 15.0. The number of nitrogens with two attached hydrogens (primary N) is 7. The third-order valence-electron chi connectivity index (χ3n) is 18.1. The first kappa shape index (κ1) is 83.4.